The van der Waals surface area contributed by atoms with Crippen LogP contribution in [0.3, 0.4) is 0 Å². The van der Waals surface area contributed by atoms with Gasteiger partial charge in [-0.05, 0) is 48.2 Å². The largest absolute Gasteiger partial charge is 0.463 e. The van der Waals surface area contributed by atoms with Crippen LogP contribution in [-0.2, 0) is 12.6 Å². The van der Waals surface area contributed by atoms with Crippen LogP contribution in [0.15, 0.2) is 53.1 Å². The minimum absolute atomic E-state index is 0.400. The second-order valence-electron chi connectivity index (χ2n) is 8.18. The maximum atomic E-state index is 12.8. The molecule has 32 heavy (non-hydrogen) atoms. The molecule has 0 fully saturated rings. The molecule has 0 aliphatic carbocycles. The van der Waals surface area contributed by atoms with Crippen LogP contribution in [0.4, 0.5) is 13.2 Å². The van der Waals surface area contributed by atoms with E-state index in [2.05, 4.69) is 18.8 Å². The van der Waals surface area contributed by atoms with Gasteiger partial charge < -0.3 is 4.42 Å². The zero-order chi connectivity index (χ0) is 23.0. The highest BCUT2D eigenvalue weighted by atomic mass is 19.4. The van der Waals surface area contributed by atoms with Crippen LogP contribution in [-0.4, -0.2) is 0 Å². The van der Waals surface area contributed by atoms with Gasteiger partial charge in [0.1, 0.15) is 11.8 Å². The summed E-state index contributed by atoms with van der Waals surface area (Å²) >= 11 is 0. The van der Waals surface area contributed by atoms with E-state index in [0.717, 1.165) is 47.1 Å². The van der Waals surface area contributed by atoms with E-state index in [0.29, 0.717) is 12.0 Å². The Bertz CT molecular complexity index is 1050. The number of nitrogens with one attached hydrogen (secondary N) is 1. The Kier molecular flexibility index (Phi) is 8.41. The Balaban J connectivity index is 1.62. The van der Waals surface area contributed by atoms with E-state index in [-0.39, 0.29) is 0 Å². The first kappa shape index (κ1) is 23.9. The van der Waals surface area contributed by atoms with Crippen molar-refractivity contribution >= 4 is 11.0 Å². The van der Waals surface area contributed by atoms with Gasteiger partial charge >= 0.3 is 6.18 Å². The van der Waals surface area contributed by atoms with Crippen LogP contribution in [0.2, 0.25) is 0 Å². The molecule has 0 saturated heterocycles. The summed E-state index contributed by atoms with van der Waals surface area (Å²) in [6.45, 7) is 2.21. The van der Waals surface area contributed by atoms with E-state index in [1.165, 1.54) is 44.2 Å². The Morgan fingerprint density at radius 1 is 0.969 bits per heavy atom. The van der Waals surface area contributed by atoms with Gasteiger partial charge in [-0.15, -0.1) is 0 Å². The van der Waals surface area contributed by atoms with Crippen LogP contribution >= 0.6 is 0 Å². The summed E-state index contributed by atoms with van der Waals surface area (Å²) in [4.78, 5) is 0. The van der Waals surface area contributed by atoms with E-state index in [1.807, 2.05) is 18.2 Å². The molecule has 1 N–H and O–H groups in total. The molecule has 3 aromatic rings. The zero-order valence-electron chi connectivity index (χ0n) is 18.4. The Labute approximate surface area is 188 Å². The molecule has 0 aliphatic rings. The summed E-state index contributed by atoms with van der Waals surface area (Å²) in [7, 11) is 0. The number of hydrogen-bond acceptors (Lipinski definition) is 1. The standard InChI is InChI=1S/C27H29F3NO/c1-2-3-4-5-6-7-8-9-10-22-19-32-26-16-11-20(17-24(22)26)18-25(31)21-12-14-23(15-13-21)27(28,29)30/h11-17,19,25,31H,2-8,18H2,1H3. The van der Waals surface area contributed by atoms with Gasteiger partial charge in [-0.3, -0.25) is 0 Å². The molecular formula is C27H29F3NO. The lowest BCUT2D eigenvalue weighted by atomic mass is 9.97. The zero-order valence-corrected chi connectivity index (χ0v) is 18.4. The quantitative estimate of drug-likeness (QED) is 0.244. The first-order chi connectivity index (χ1) is 15.4. The first-order valence-electron chi connectivity index (χ1n) is 11.3. The maximum Gasteiger partial charge on any atom is 0.416 e. The van der Waals surface area contributed by atoms with Crippen molar-refractivity contribution in [2.24, 2.45) is 0 Å². The van der Waals surface area contributed by atoms with E-state index in [9.17, 15) is 13.2 Å². The van der Waals surface area contributed by atoms with Crippen LogP contribution < -0.4 is 5.73 Å². The van der Waals surface area contributed by atoms with E-state index in [1.54, 1.807) is 6.26 Å². The fraction of sp³-hybridized carbons (Fsp3) is 0.407. The third-order valence-corrected chi connectivity index (χ3v) is 5.60. The third kappa shape index (κ3) is 6.64. The summed E-state index contributed by atoms with van der Waals surface area (Å²) in [5.74, 6) is 6.44. The molecule has 1 atom stereocenters. The number of furan rings is 1. The van der Waals surface area contributed by atoms with Crippen LogP contribution in [0.25, 0.3) is 11.0 Å². The summed E-state index contributed by atoms with van der Waals surface area (Å²) < 4.78 is 43.9. The predicted molar refractivity (Wildman–Crippen MR) is 122 cm³/mol. The summed E-state index contributed by atoms with van der Waals surface area (Å²) in [5, 5.41) is 0.914. The number of fused-ring (bicyclic) bond motifs is 1. The topological polar surface area (TPSA) is 36.9 Å². The Morgan fingerprint density at radius 3 is 2.41 bits per heavy atom. The fourth-order valence-corrected chi connectivity index (χ4v) is 3.71. The molecule has 1 aromatic heterocycles. The molecule has 0 spiro atoms. The van der Waals surface area contributed by atoms with Crippen molar-refractivity contribution in [1.29, 1.82) is 0 Å². The van der Waals surface area contributed by atoms with Crippen molar-refractivity contribution in [2.75, 3.05) is 0 Å². The van der Waals surface area contributed by atoms with Gasteiger partial charge in [-0.1, -0.05) is 69.1 Å². The second kappa shape index (κ2) is 11.2. The molecule has 2 nitrogen and oxygen atoms in total. The lowest BCUT2D eigenvalue weighted by Gasteiger charge is -2.13. The van der Waals surface area contributed by atoms with Crippen LogP contribution in [0, 0.1) is 11.8 Å². The number of alkyl halides is 3. The molecule has 5 heteroatoms. The van der Waals surface area contributed by atoms with Crippen molar-refractivity contribution in [1.82, 2.24) is 5.73 Å². The number of benzene rings is 2. The van der Waals surface area contributed by atoms with Gasteiger partial charge in [0.2, 0.25) is 0 Å². The Morgan fingerprint density at radius 2 is 1.69 bits per heavy atom. The van der Waals surface area contributed by atoms with Gasteiger partial charge in [0, 0.05) is 11.8 Å². The molecule has 1 unspecified atom stereocenters. The van der Waals surface area contributed by atoms with Gasteiger partial charge in [0.15, 0.2) is 0 Å². The van der Waals surface area contributed by atoms with Gasteiger partial charge in [-0.2, -0.15) is 13.2 Å². The molecule has 1 heterocycles. The minimum Gasteiger partial charge on any atom is -0.463 e. The van der Waals surface area contributed by atoms with E-state index < -0.39 is 17.8 Å². The smallest absolute Gasteiger partial charge is 0.416 e. The van der Waals surface area contributed by atoms with E-state index >= 15 is 0 Å². The molecule has 0 aliphatic heterocycles. The summed E-state index contributed by atoms with van der Waals surface area (Å²) in [6, 6.07) is 9.92. The van der Waals surface area contributed by atoms with Gasteiger partial charge in [0.25, 0.3) is 0 Å². The van der Waals surface area contributed by atoms with Gasteiger partial charge in [-0.25, -0.2) is 5.73 Å². The lowest BCUT2D eigenvalue weighted by Crippen LogP contribution is -2.07. The number of halogens is 3. The second-order valence-corrected chi connectivity index (χ2v) is 8.18. The molecule has 169 valence electrons. The molecule has 3 rings (SSSR count). The molecule has 0 saturated carbocycles. The van der Waals surface area contributed by atoms with Crippen molar-refractivity contribution in [3.63, 3.8) is 0 Å². The van der Waals surface area contributed by atoms with Crippen molar-refractivity contribution in [2.45, 2.75) is 70.5 Å². The normalized spacial score (nSPS) is 12.5. The van der Waals surface area contributed by atoms with Gasteiger partial charge in [0.05, 0.1) is 17.2 Å². The third-order valence-electron chi connectivity index (χ3n) is 5.60. The number of rotatable bonds is 9. The molecular weight excluding hydrogens is 411 g/mol. The number of hydrogen-bond donors (Lipinski definition) is 0. The van der Waals surface area contributed by atoms with Crippen molar-refractivity contribution in [3.8, 4) is 11.8 Å². The fourth-order valence-electron chi connectivity index (χ4n) is 3.71. The number of unbranched alkanes of at least 4 members (excludes halogenated alkanes) is 6. The monoisotopic (exact) mass is 440 g/mol. The summed E-state index contributed by atoms with van der Waals surface area (Å²) in [6.07, 6.45) is 5.98. The average molecular weight is 441 g/mol. The molecule has 2 aromatic carbocycles. The average Bonchev–Trinajstić information content (AvgIpc) is 3.17. The highest BCUT2D eigenvalue weighted by Crippen LogP contribution is 2.30. The first-order valence-corrected chi connectivity index (χ1v) is 11.3. The lowest BCUT2D eigenvalue weighted by molar-refractivity contribution is -0.137. The minimum atomic E-state index is -4.37. The highest BCUT2D eigenvalue weighted by Gasteiger charge is 2.30. The van der Waals surface area contributed by atoms with Crippen molar-refractivity contribution < 1.29 is 17.6 Å². The molecule has 0 amide bonds. The maximum absolute atomic E-state index is 12.8. The van der Waals surface area contributed by atoms with Crippen molar-refractivity contribution in [3.05, 3.63) is 71.0 Å². The SMILES string of the molecule is CCCCCCCCC#Cc1coc2ccc(CC([NH])c3ccc(C(F)(F)F)cc3)cc12. The van der Waals surface area contributed by atoms with Crippen LogP contribution in [0.5, 0.6) is 0 Å². The predicted octanol–water partition coefficient (Wildman–Crippen LogP) is 8.12. The van der Waals surface area contributed by atoms with E-state index in [4.69, 9.17) is 10.2 Å². The molecule has 1 radical (unpaired) electrons. The molecule has 0 bridgehead atoms. The van der Waals surface area contributed by atoms with Crippen LogP contribution in [0.1, 0.15) is 80.2 Å². The highest BCUT2D eigenvalue weighted by molar-refractivity contribution is 5.84. The Hall–Kier alpha value is -2.71. The summed E-state index contributed by atoms with van der Waals surface area (Å²) in [5.41, 5.74) is 10.8.